The number of aromatic nitrogens is 6. The van der Waals surface area contributed by atoms with Gasteiger partial charge in [-0.15, -0.1) is 5.10 Å². The number of aryl methyl sites for hydroxylation is 2. The van der Waals surface area contributed by atoms with Crippen LogP contribution in [0.15, 0.2) is 24.4 Å². The molecule has 4 aromatic rings. The molecule has 27 heavy (non-hydrogen) atoms. The third kappa shape index (κ3) is 2.64. The van der Waals surface area contributed by atoms with Crippen molar-refractivity contribution >= 4 is 22.1 Å². The van der Waals surface area contributed by atoms with Crippen LogP contribution in [0.25, 0.3) is 33.3 Å². The van der Waals surface area contributed by atoms with Crippen LogP contribution in [0, 0.1) is 6.92 Å². The molecule has 1 aliphatic heterocycles. The van der Waals surface area contributed by atoms with Gasteiger partial charge in [0.15, 0.2) is 0 Å². The number of phenolic OH excluding ortho intramolecular Hbond substituents is 1. The SMILES string of the molecule is Cc1c(O)c(-c2ccc3nn(C4CCNCC4)nc3n2)cc2cn(C)nc12. The minimum Gasteiger partial charge on any atom is -0.507 e. The van der Waals surface area contributed by atoms with Crippen LogP contribution in [0.1, 0.15) is 24.4 Å². The zero-order valence-electron chi connectivity index (χ0n) is 15.3. The summed E-state index contributed by atoms with van der Waals surface area (Å²) >= 11 is 0. The number of benzene rings is 1. The van der Waals surface area contributed by atoms with E-state index in [0.717, 1.165) is 47.9 Å². The van der Waals surface area contributed by atoms with E-state index in [-0.39, 0.29) is 5.75 Å². The molecule has 0 unspecified atom stereocenters. The van der Waals surface area contributed by atoms with Gasteiger partial charge in [-0.1, -0.05) is 0 Å². The van der Waals surface area contributed by atoms with Gasteiger partial charge in [-0.05, 0) is 51.1 Å². The Morgan fingerprint density at radius 2 is 1.96 bits per heavy atom. The van der Waals surface area contributed by atoms with Gasteiger partial charge in [0.05, 0.1) is 17.3 Å². The van der Waals surface area contributed by atoms with Gasteiger partial charge in [-0.25, -0.2) is 4.98 Å². The lowest BCUT2D eigenvalue weighted by atomic mass is 10.0. The number of phenols is 1. The number of hydrogen-bond donors (Lipinski definition) is 2. The molecule has 0 saturated carbocycles. The fourth-order valence-corrected chi connectivity index (χ4v) is 3.81. The first kappa shape index (κ1) is 16.2. The maximum absolute atomic E-state index is 10.7. The van der Waals surface area contributed by atoms with Crippen LogP contribution in [-0.2, 0) is 7.05 Å². The molecule has 8 heteroatoms. The maximum atomic E-state index is 10.7. The Morgan fingerprint density at radius 3 is 2.78 bits per heavy atom. The topological polar surface area (TPSA) is 93.7 Å². The van der Waals surface area contributed by atoms with Crippen molar-refractivity contribution in [2.75, 3.05) is 13.1 Å². The number of piperidine rings is 1. The van der Waals surface area contributed by atoms with E-state index in [2.05, 4.69) is 25.6 Å². The summed E-state index contributed by atoms with van der Waals surface area (Å²) in [6.45, 7) is 3.85. The highest BCUT2D eigenvalue weighted by Gasteiger charge is 2.19. The van der Waals surface area contributed by atoms with Gasteiger partial charge in [0.1, 0.15) is 11.3 Å². The monoisotopic (exact) mass is 363 g/mol. The van der Waals surface area contributed by atoms with Crippen molar-refractivity contribution in [3.05, 3.63) is 30.0 Å². The molecule has 1 aromatic carbocycles. The van der Waals surface area contributed by atoms with Crippen molar-refractivity contribution in [2.24, 2.45) is 7.05 Å². The highest BCUT2D eigenvalue weighted by atomic mass is 16.3. The molecular formula is C19H21N7O. The molecule has 5 rings (SSSR count). The molecule has 0 radical (unpaired) electrons. The standard InChI is InChI=1S/C19H21N7O/c1-11-17-12(10-25(2)23-17)9-14(18(11)27)15-3-4-16-19(21-15)24-26(22-16)13-5-7-20-8-6-13/h3-4,9-10,13,20,27H,5-8H2,1-2H3. The predicted molar refractivity (Wildman–Crippen MR) is 103 cm³/mol. The average molecular weight is 363 g/mol. The quantitative estimate of drug-likeness (QED) is 0.568. The fourth-order valence-electron chi connectivity index (χ4n) is 3.81. The number of rotatable bonds is 2. The Hall–Kier alpha value is -3.00. The summed E-state index contributed by atoms with van der Waals surface area (Å²) in [6, 6.07) is 6.05. The predicted octanol–water partition coefficient (Wildman–Crippen LogP) is 2.32. The summed E-state index contributed by atoms with van der Waals surface area (Å²) in [5.41, 5.74) is 4.31. The van der Waals surface area contributed by atoms with E-state index in [1.54, 1.807) is 9.48 Å². The van der Waals surface area contributed by atoms with Crippen molar-refractivity contribution < 1.29 is 5.11 Å². The zero-order chi connectivity index (χ0) is 18.5. The largest absolute Gasteiger partial charge is 0.507 e. The second kappa shape index (κ2) is 6.02. The first-order valence-electron chi connectivity index (χ1n) is 9.21. The summed E-state index contributed by atoms with van der Waals surface area (Å²) in [5, 5.41) is 28.7. The third-order valence-electron chi connectivity index (χ3n) is 5.30. The number of aromatic hydroxyl groups is 1. The molecule has 0 amide bonds. The van der Waals surface area contributed by atoms with Crippen LogP contribution >= 0.6 is 0 Å². The lowest BCUT2D eigenvalue weighted by Crippen LogP contribution is -2.30. The number of fused-ring (bicyclic) bond motifs is 2. The van der Waals surface area contributed by atoms with Gasteiger partial charge >= 0.3 is 0 Å². The summed E-state index contributed by atoms with van der Waals surface area (Å²) in [7, 11) is 1.87. The second-order valence-corrected chi connectivity index (χ2v) is 7.18. The van der Waals surface area contributed by atoms with Crippen molar-refractivity contribution in [1.82, 2.24) is 35.1 Å². The van der Waals surface area contributed by atoms with Crippen molar-refractivity contribution in [3.63, 3.8) is 0 Å². The highest BCUT2D eigenvalue weighted by molar-refractivity contribution is 5.91. The molecule has 4 heterocycles. The Bertz CT molecular complexity index is 1150. The molecule has 2 N–H and O–H groups in total. The first-order valence-corrected chi connectivity index (χ1v) is 9.21. The van der Waals surface area contributed by atoms with Crippen molar-refractivity contribution in [1.29, 1.82) is 0 Å². The van der Waals surface area contributed by atoms with Crippen LogP contribution in [0.3, 0.4) is 0 Å². The maximum Gasteiger partial charge on any atom is 0.202 e. The zero-order valence-corrected chi connectivity index (χ0v) is 15.3. The molecule has 8 nitrogen and oxygen atoms in total. The van der Waals surface area contributed by atoms with E-state index in [4.69, 9.17) is 0 Å². The van der Waals surface area contributed by atoms with Crippen LogP contribution in [0.2, 0.25) is 0 Å². The van der Waals surface area contributed by atoms with Gasteiger partial charge in [0.2, 0.25) is 5.65 Å². The number of nitrogens with one attached hydrogen (secondary N) is 1. The molecule has 0 aliphatic carbocycles. The number of hydrogen-bond acceptors (Lipinski definition) is 6. The first-order chi connectivity index (χ1) is 13.1. The normalized spacial score (nSPS) is 15.8. The molecule has 1 saturated heterocycles. The molecule has 3 aromatic heterocycles. The molecule has 1 aliphatic rings. The van der Waals surface area contributed by atoms with Crippen molar-refractivity contribution in [2.45, 2.75) is 25.8 Å². The summed E-state index contributed by atoms with van der Waals surface area (Å²) < 4.78 is 1.75. The number of nitrogens with zero attached hydrogens (tertiary/aromatic N) is 6. The van der Waals surface area contributed by atoms with Crippen LogP contribution in [0.4, 0.5) is 0 Å². The van der Waals surface area contributed by atoms with Crippen molar-refractivity contribution in [3.8, 4) is 17.0 Å². The summed E-state index contributed by atoms with van der Waals surface area (Å²) in [6.07, 6.45) is 3.98. The molecule has 0 spiro atoms. The van der Waals surface area contributed by atoms with Gasteiger partial charge < -0.3 is 10.4 Å². The molecule has 0 atom stereocenters. The van der Waals surface area contributed by atoms with Gasteiger partial charge in [-0.2, -0.15) is 15.0 Å². The van der Waals surface area contributed by atoms with E-state index < -0.39 is 0 Å². The summed E-state index contributed by atoms with van der Waals surface area (Å²) in [4.78, 5) is 6.48. The molecule has 138 valence electrons. The second-order valence-electron chi connectivity index (χ2n) is 7.18. The summed E-state index contributed by atoms with van der Waals surface area (Å²) in [5.74, 6) is 0.207. The third-order valence-corrected chi connectivity index (χ3v) is 5.30. The van der Waals surface area contributed by atoms with Gasteiger partial charge in [-0.3, -0.25) is 4.68 Å². The molecular weight excluding hydrogens is 342 g/mol. The van der Waals surface area contributed by atoms with Crippen LogP contribution < -0.4 is 5.32 Å². The molecule has 1 fully saturated rings. The molecule has 0 bridgehead atoms. The lowest BCUT2D eigenvalue weighted by Gasteiger charge is -2.21. The Kier molecular flexibility index (Phi) is 3.61. The smallest absolute Gasteiger partial charge is 0.202 e. The lowest BCUT2D eigenvalue weighted by molar-refractivity contribution is 0.316. The minimum absolute atomic E-state index is 0.207. The van der Waals surface area contributed by atoms with Gasteiger partial charge in [0.25, 0.3) is 0 Å². The van der Waals surface area contributed by atoms with E-state index in [1.807, 2.05) is 38.4 Å². The van der Waals surface area contributed by atoms with E-state index >= 15 is 0 Å². The minimum atomic E-state index is 0.207. The van der Waals surface area contributed by atoms with E-state index in [0.29, 0.717) is 22.9 Å². The van der Waals surface area contributed by atoms with Crippen LogP contribution in [-0.4, -0.2) is 48.0 Å². The van der Waals surface area contributed by atoms with Gasteiger partial charge in [0, 0.05) is 29.8 Å². The highest BCUT2D eigenvalue weighted by Crippen LogP contribution is 2.36. The average Bonchev–Trinajstić information content (AvgIpc) is 3.28. The Morgan fingerprint density at radius 1 is 1.15 bits per heavy atom. The van der Waals surface area contributed by atoms with E-state index in [9.17, 15) is 5.11 Å². The fraction of sp³-hybridized carbons (Fsp3) is 0.368. The Labute approximate surface area is 155 Å². The van der Waals surface area contributed by atoms with E-state index in [1.165, 1.54) is 0 Å². The number of pyridine rings is 1. The Balaban J connectivity index is 1.60. The van der Waals surface area contributed by atoms with Crippen LogP contribution in [0.5, 0.6) is 5.75 Å².